The fraction of sp³-hybridized carbons (Fsp3) is 0.727. The lowest BCUT2D eigenvalue weighted by Crippen LogP contribution is -2.44. The SMILES string of the molecule is CNC(=O)COCCOCCNC(=O)COCCOCCNC(=O)CCC(NC(=O)CC(C)(C)CC(C)(C)OC1=CC=CCC1)C(=O)O. The Morgan fingerprint density at radius 2 is 1.40 bits per heavy atom. The zero-order valence-corrected chi connectivity index (χ0v) is 29.2. The largest absolute Gasteiger partial charge is 0.492 e. The maximum absolute atomic E-state index is 12.8. The summed E-state index contributed by atoms with van der Waals surface area (Å²) in [5, 5.41) is 19.9. The molecule has 274 valence electrons. The minimum atomic E-state index is -1.21. The first-order chi connectivity index (χ1) is 22.7. The second-order valence-electron chi connectivity index (χ2n) is 12.7. The van der Waals surface area contributed by atoms with Gasteiger partial charge >= 0.3 is 5.97 Å². The van der Waals surface area contributed by atoms with Crippen LogP contribution >= 0.6 is 0 Å². The van der Waals surface area contributed by atoms with Crippen LogP contribution in [0.1, 0.15) is 66.2 Å². The summed E-state index contributed by atoms with van der Waals surface area (Å²) < 4.78 is 27.2. The lowest BCUT2D eigenvalue weighted by Gasteiger charge is -2.36. The van der Waals surface area contributed by atoms with Gasteiger partial charge in [-0.25, -0.2) is 4.79 Å². The molecule has 15 heteroatoms. The van der Waals surface area contributed by atoms with Crippen molar-refractivity contribution in [2.45, 2.75) is 77.9 Å². The molecule has 15 nitrogen and oxygen atoms in total. The van der Waals surface area contributed by atoms with E-state index in [2.05, 4.69) is 27.3 Å². The van der Waals surface area contributed by atoms with Gasteiger partial charge in [0.1, 0.15) is 24.9 Å². The minimum Gasteiger partial charge on any atom is -0.492 e. The van der Waals surface area contributed by atoms with Gasteiger partial charge in [0, 0.05) is 39.4 Å². The average molecular weight is 685 g/mol. The zero-order valence-electron chi connectivity index (χ0n) is 29.2. The normalized spacial score (nSPS) is 13.6. The predicted molar refractivity (Wildman–Crippen MR) is 177 cm³/mol. The monoisotopic (exact) mass is 684 g/mol. The number of carboxylic acids is 1. The van der Waals surface area contributed by atoms with E-state index in [1.54, 1.807) is 0 Å². The number of hydrogen-bond acceptors (Lipinski definition) is 10. The highest BCUT2D eigenvalue weighted by atomic mass is 16.5. The zero-order chi connectivity index (χ0) is 35.8. The van der Waals surface area contributed by atoms with E-state index in [9.17, 15) is 29.1 Å². The fourth-order valence-corrected chi connectivity index (χ4v) is 4.99. The number of carboxylic acid groups (broad SMARTS) is 1. The summed E-state index contributed by atoms with van der Waals surface area (Å²) in [6.07, 6.45) is 8.31. The van der Waals surface area contributed by atoms with Crippen LogP contribution in [0.3, 0.4) is 0 Å². The maximum atomic E-state index is 12.8. The van der Waals surface area contributed by atoms with E-state index in [1.165, 1.54) is 7.05 Å². The predicted octanol–water partition coefficient (Wildman–Crippen LogP) is 1.22. The van der Waals surface area contributed by atoms with Crippen molar-refractivity contribution in [2.75, 3.05) is 73.0 Å². The molecule has 0 bridgehead atoms. The van der Waals surface area contributed by atoms with Crippen LogP contribution in [0.4, 0.5) is 0 Å². The van der Waals surface area contributed by atoms with Crippen molar-refractivity contribution in [1.29, 1.82) is 0 Å². The molecule has 0 spiro atoms. The van der Waals surface area contributed by atoms with E-state index < -0.39 is 28.9 Å². The van der Waals surface area contributed by atoms with Crippen molar-refractivity contribution in [3.8, 4) is 0 Å². The van der Waals surface area contributed by atoms with E-state index in [0.29, 0.717) is 26.2 Å². The average Bonchev–Trinajstić information content (AvgIpc) is 3.00. The van der Waals surface area contributed by atoms with Crippen molar-refractivity contribution >= 4 is 29.6 Å². The van der Waals surface area contributed by atoms with Crippen molar-refractivity contribution < 1.29 is 52.8 Å². The summed E-state index contributed by atoms with van der Waals surface area (Å²) in [6.45, 7) is 9.63. The first kappa shape index (κ1) is 42.5. The van der Waals surface area contributed by atoms with Gasteiger partial charge in [-0.05, 0) is 44.6 Å². The Morgan fingerprint density at radius 1 is 0.812 bits per heavy atom. The molecule has 0 aromatic heterocycles. The third kappa shape index (κ3) is 22.1. The van der Waals surface area contributed by atoms with Crippen LogP contribution in [-0.2, 0) is 47.7 Å². The molecule has 1 aliphatic carbocycles. The number of ether oxygens (including phenoxy) is 5. The number of aliphatic carboxylic acids is 1. The Kier molecular flexibility index (Phi) is 21.0. The summed E-state index contributed by atoms with van der Waals surface area (Å²) in [6, 6.07) is -1.19. The number of rotatable bonds is 27. The number of hydrogen-bond donors (Lipinski definition) is 5. The van der Waals surface area contributed by atoms with Gasteiger partial charge in [0.15, 0.2) is 0 Å². The first-order valence-corrected chi connectivity index (χ1v) is 16.3. The third-order valence-electron chi connectivity index (χ3n) is 6.85. The summed E-state index contributed by atoms with van der Waals surface area (Å²) >= 11 is 0. The summed E-state index contributed by atoms with van der Waals surface area (Å²) in [7, 11) is 1.52. The van der Waals surface area contributed by atoms with Gasteiger partial charge in [-0.15, -0.1) is 0 Å². The van der Waals surface area contributed by atoms with Crippen LogP contribution in [0.2, 0.25) is 0 Å². The molecule has 0 fully saturated rings. The van der Waals surface area contributed by atoms with E-state index >= 15 is 0 Å². The van der Waals surface area contributed by atoms with Crippen LogP contribution in [0.5, 0.6) is 0 Å². The molecule has 4 amide bonds. The molecule has 0 saturated heterocycles. The standard InChI is InChI=1S/C33H56N4O11/c1-32(2,24-33(3,4)48-25-9-7-6-8-10-25)21-28(39)37-26(31(42)43)11-12-27(38)35-13-15-44-18-20-47-23-30(41)36-14-16-45-17-19-46-22-29(40)34-5/h6-7,9,26H,8,10-24H2,1-5H3,(H,34,40)(H,35,38)(H,36,41)(H,37,39)(H,42,43). The number of likely N-dealkylation sites (N-methyl/N-ethyl adjacent to an activating group) is 1. The molecule has 1 unspecified atom stereocenters. The quantitative estimate of drug-likeness (QED) is 0.0780. The topological polar surface area (TPSA) is 200 Å². The van der Waals surface area contributed by atoms with Crippen molar-refractivity contribution in [2.24, 2.45) is 5.41 Å². The lowest BCUT2D eigenvalue weighted by atomic mass is 9.78. The van der Waals surface area contributed by atoms with Gasteiger partial charge in [0.25, 0.3) is 0 Å². The number of carbonyl (C=O) groups is 5. The second-order valence-corrected chi connectivity index (χ2v) is 12.7. The molecular weight excluding hydrogens is 628 g/mol. The van der Waals surface area contributed by atoms with Gasteiger partial charge in [0.2, 0.25) is 23.6 Å². The molecule has 1 aliphatic rings. The second kappa shape index (κ2) is 23.7. The maximum Gasteiger partial charge on any atom is 0.326 e. The number of amides is 4. The Labute approximate surface area is 283 Å². The van der Waals surface area contributed by atoms with Crippen LogP contribution < -0.4 is 21.3 Å². The molecule has 0 aromatic rings. The highest BCUT2D eigenvalue weighted by Gasteiger charge is 2.33. The van der Waals surface area contributed by atoms with Crippen molar-refractivity contribution in [1.82, 2.24) is 21.3 Å². The molecule has 1 atom stereocenters. The Morgan fingerprint density at radius 3 is 1.96 bits per heavy atom. The minimum absolute atomic E-state index is 0.0309. The highest BCUT2D eigenvalue weighted by molar-refractivity contribution is 5.84. The lowest BCUT2D eigenvalue weighted by molar-refractivity contribution is -0.142. The van der Waals surface area contributed by atoms with Crippen molar-refractivity contribution in [3.05, 3.63) is 24.0 Å². The molecular formula is C33H56N4O11. The molecule has 0 aromatic carbocycles. The molecule has 0 aliphatic heterocycles. The fourth-order valence-electron chi connectivity index (χ4n) is 4.99. The summed E-state index contributed by atoms with van der Waals surface area (Å²) in [5.41, 5.74) is -0.969. The van der Waals surface area contributed by atoms with Crippen LogP contribution in [0.15, 0.2) is 24.0 Å². The van der Waals surface area contributed by atoms with Crippen molar-refractivity contribution in [3.63, 3.8) is 0 Å². The van der Waals surface area contributed by atoms with Crippen LogP contribution in [-0.4, -0.2) is 119 Å². The molecule has 1 rings (SSSR count). The van der Waals surface area contributed by atoms with Gasteiger partial charge in [0.05, 0.1) is 45.4 Å². The molecule has 0 heterocycles. The Balaban J connectivity index is 2.14. The molecule has 48 heavy (non-hydrogen) atoms. The van der Waals surface area contributed by atoms with Gasteiger partial charge in [-0.2, -0.15) is 0 Å². The van der Waals surface area contributed by atoms with Gasteiger partial charge in [-0.1, -0.05) is 26.0 Å². The number of carbonyl (C=O) groups excluding carboxylic acids is 4. The highest BCUT2D eigenvalue weighted by Crippen LogP contribution is 2.35. The number of nitrogens with one attached hydrogen (secondary N) is 4. The smallest absolute Gasteiger partial charge is 0.326 e. The van der Waals surface area contributed by atoms with Gasteiger partial charge in [-0.3, -0.25) is 19.2 Å². The van der Waals surface area contributed by atoms with E-state index in [4.69, 9.17) is 23.7 Å². The Bertz CT molecular complexity index is 1080. The molecule has 5 N–H and O–H groups in total. The first-order valence-electron chi connectivity index (χ1n) is 16.3. The molecule has 0 saturated carbocycles. The van der Waals surface area contributed by atoms with Crippen LogP contribution in [0.25, 0.3) is 0 Å². The summed E-state index contributed by atoms with van der Waals surface area (Å²) in [4.78, 5) is 59.5. The Hall–Kier alpha value is -3.53. The number of allylic oxidation sites excluding steroid dienone is 4. The molecule has 0 radical (unpaired) electrons. The van der Waals surface area contributed by atoms with E-state index in [-0.39, 0.29) is 83.2 Å². The van der Waals surface area contributed by atoms with Gasteiger partial charge < -0.3 is 50.1 Å². The van der Waals surface area contributed by atoms with E-state index in [1.807, 2.05) is 39.8 Å². The van der Waals surface area contributed by atoms with Crippen LogP contribution in [0, 0.1) is 5.41 Å². The summed E-state index contributed by atoms with van der Waals surface area (Å²) in [5.74, 6) is -1.58. The van der Waals surface area contributed by atoms with E-state index in [0.717, 1.165) is 18.6 Å². The third-order valence-corrected chi connectivity index (χ3v) is 6.85.